The Balaban J connectivity index is 1.78. The first kappa shape index (κ1) is 15.1. The number of carboxylic acids is 1. The average Bonchev–Trinajstić information content (AvgIpc) is 2.86. The van der Waals surface area contributed by atoms with Crippen LogP contribution in [-0.2, 0) is 9.53 Å². The van der Waals surface area contributed by atoms with Gasteiger partial charge in [-0.1, -0.05) is 0 Å². The summed E-state index contributed by atoms with van der Waals surface area (Å²) in [5.41, 5.74) is -1.27. The summed E-state index contributed by atoms with van der Waals surface area (Å²) in [6.45, 7) is 3.03. The van der Waals surface area contributed by atoms with Crippen molar-refractivity contribution < 1.29 is 19.4 Å². The third-order valence-electron chi connectivity index (χ3n) is 4.06. The lowest BCUT2D eigenvalue weighted by Crippen LogP contribution is -2.58. The van der Waals surface area contributed by atoms with Crippen molar-refractivity contribution in [1.82, 2.24) is 15.5 Å². The van der Waals surface area contributed by atoms with Crippen LogP contribution in [0.4, 0.5) is 4.79 Å². The van der Waals surface area contributed by atoms with E-state index in [0.29, 0.717) is 25.5 Å². The molecule has 0 aromatic rings. The largest absolute Gasteiger partial charge is 0.479 e. The van der Waals surface area contributed by atoms with Crippen LogP contribution in [0.25, 0.3) is 0 Å². The summed E-state index contributed by atoms with van der Waals surface area (Å²) in [5.74, 6) is -0.609. The Kier molecular flexibility index (Phi) is 4.82. The molecule has 2 atom stereocenters. The fourth-order valence-corrected chi connectivity index (χ4v) is 2.82. The van der Waals surface area contributed by atoms with Crippen LogP contribution in [0.15, 0.2) is 0 Å². The Hall–Kier alpha value is -1.34. The summed E-state index contributed by atoms with van der Waals surface area (Å²) >= 11 is 0. The Bertz CT molecular complexity index is 369. The third-order valence-corrected chi connectivity index (χ3v) is 4.06. The predicted octanol–water partition coefficient (Wildman–Crippen LogP) is -0.129. The number of carboxylic acid groups (broad SMARTS) is 1. The summed E-state index contributed by atoms with van der Waals surface area (Å²) < 4.78 is 5.10. The highest BCUT2D eigenvalue weighted by atomic mass is 16.5. The number of likely N-dealkylation sites (tertiary alicyclic amines) is 1. The van der Waals surface area contributed by atoms with Gasteiger partial charge in [0.15, 0.2) is 5.54 Å². The normalized spacial score (nSPS) is 30.9. The van der Waals surface area contributed by atoms with Crippen molar-refractivity contribution in [3.63, 3.8) is 0 Å². The van der Waals surface area contributed by atoms with Crippen LogP contribution in [0, 0.1) is 5.92 Å². The van der Waals surface area contributed by atoms with Crippen LogP contribution < -0.4 is 10.6 Å². The summed E-state index contributed by atoms with van der Waals surface area (Å²) in [6, 6.07) is -0.425. The molecule has 0 saturated carbocycles. The number of carbonyl (C=O) groups excluding carboxylic acids is 1. The topological polar surface area (TPSA) is 90.9 Å². The monoisotopic (exact) mass is 285 g/mol. The van der Waals surface area contributed by atoms with Gasteiger partial charge in [0.05, 0.1) is 6.61 Å². The molecule has 2 aliphatic heterocycles. The van der Waals surface area contributed by atoms with Gasteiger partial charge in [-0.05, 0) is 32.4 Å². The summed E-state index contributed by atoms with van der Waals surface area (Å²) in [4.78, 5) is 25.4. The van der Waals surface area contributed by atoms with Crippen molar-refractivity contribution >= 4 is 12.0 Å². The van der Waals surface area contributed by atoms with Crippen molar-refractivity contribution in [3.05, 3.63) is 0 Å². The first-order valence-corrected chi connectivity index (χ1v) is 7.07. The molecule has 2 amide bonds. The zero-order valence-corrected chi connectivity index (χ0v) is 11.9. The van der Waals surface area contributed by atoms with Gasteiger partial charge in [-0.3, -0.25) is 0 Å². The minimum absolute atomic E-state index is 0.0297. The molecule has 0 aliphatic carbocycles. The maximum absolute atomic E-state index is 11.9. The summed E-state index contributed by atoms with van der Waals surface area (Å²) in [5, 5.41) is 14.6. The molecule has 0 spiro atoms. The number of nitrogens with one attached hydrogen (secondary N) is 2. The van der Waals surface area contributed by atoms with Crippen molar-refractivity contribution in [2.75, 3.05) is 39.9 Å². The lowest BCUT2D eigenvalue weighted by molar-refractivity contribution is -0.144. The maximum Gasteiger partial charge on any atom is 0.332 e. The molecule has 114 valence electrons. The minimum atomic E-state index is -1.27. The van der Waals surface area contributed by atoms with Crippen LogP contribution >= 0.6 is 0 Å². The number of hydrogen-bond acceptors (Lipinski definition) is 4. The predicted molar refractivity (Wildman–Crippen MR) is 72.6 cm³/mol. The van der Waals surface area contributed by atoms with Gasteiger partial charge < -0.3 is 25.4 Å². The molecule has 0 radical (unpaired) electrons. The fraction of sp³-hybridized carbons (Fsp3) is 0.846. The molecule has 7 nitrogen and oxygen atoms in total. The van der Waals surface area contributed by atoms with Gasteiger partial charge in [-0.2, -0.15) is 0 Å². The quantitative estimate of drug-likeness (QED) is 0.669. The lowest BCUT2D eigenvalue weighted by atomic mass is 9.98. The smallest absolute Gasteiger partial charge is 0.332 e. The molecular weight excluding hydrogens is 262 g/mol. The van der Waals surface area contributed by atoms with Gasteiger partial charge >= 0.3 is 12.0 Å². The second-order valence-corrected chi connectivity index (χ2v) is 5.80. The van der Waals surface area contributed by atoms with E-state index in [2.05, 4.69) is 22.6 Å². The number of ether oxygens (including phenoxy) is 1. The van der Waals surface area contributed by atoms with Crippen molar-refractivity contribution in [2.45, 2.75) is 24.8 Å². The molecule has 7 heteroatoms. The Labute approximate surface area is 118 Å². The molecule has 0 aromatic heterocycles. The molecule has 3 N–H and O–H groups in total. The highest BCUT2D eigenvalue weighted by Gasteiger charge is 2.44. The van der Waals surface area contributed by atoms with Crippen molar-refractivity contribution in [3.8, 4) is 0 Å². The summed E-state index contributed by atoms with van der Waals surface area (Å²) in [7, 11) is 2.07. The molecule has 20 heavy (non-hydrogen) atoms. The van der Waals surface area contributed by atoms with E-state index < -0.39 is 17.5 Å². The lowest BCUT2D eigenvalue weighted by Gasteiger charge is -2.30. The van der Waals surface area contributed by atoms with Crippen LogP contribution in [0.5, 0.6) is 0 Å². The van der Waals surface area contributed by atoms with E-state index in [1.807, 2.05) is 0 Å². The van der Waals surface area contributed by atoms with Crippen LogP contribution in [0.3, 0.4) is 0 Å². The number of hydrogen-bond donors (Lipinski definition) is 3. The molecular formula is C13H23N3O4. The van der Waals surface area contributed by atoms with E-state index in [0.717, 1.165) is 25.9 Å². The fourth-order valence-electron chi connectivity index (χ4n) is 2.82. The Morgan fingerprint density at radius 3 is 2.90 bits per heavy atom. The molecule has 2 saturated heterocycles. The van der Waals surface area contributed by atoms with Gasteiger partial charge in [0, 0.05) is 26.1 Å². The highest BCUT2D eigenvalue weighted by molar-refractivity contribution is 5.86. The average molecular weight is 285 g/mol. The van der Waals surface area contributed by atoms with E-state index in [9.17, 15) is 14.7 Å². The molecule has 2 aliphatic rings. The molecule has 2 heterocycles. The van der Waals surface area contributed by atoms with Gasteiger partial charge in [-0.15, -0.1) is 0 Å². The number of nitrogens with zero attached hydrogens (tertiary/aromatic N) is 1. The first-order chi connectivity index (χ1) is 9.52. The van der Waals surface area contributed by atoms with Crippen LogP contribution in [-0.4, -0.2) is 67.4 Å². The third kappa shape index (κ3) is 3.61. The van der Waals surface area contributed by atoms with E-state index >= 15 is 0 Å². The number of carbonyl (C=O) groups is 2. The van der Waals surface area contributed by atoms with Gasteiger partial charge in [0.2, 0.25) is 0 Å². The zero-order chi connectivity index (χ0) is 14.6. The number of urea groups is 1. The van der Waals surface area contributed by atoms with Gasteiger partial charge in [-0.25, -0.2) is 9.59 Å². The van der Waals surface area contributed by atoms with E-state index in [1.165, 1.54) is 0 Å². The highest BCUT2D eigenvalue weighted by Crippen LogP contribution is 2.19. The molecule has 0 aromatic carbocycles. The Morgan fingerprint density at radius 2 is 2.30 bits per heavy atom. The van der Waals surface area contributed by atoms with E-state index in [1.54, 1.807) is 0 Å². The van der Waals surface area contributed by atoms with Crippen molar-refractivity contribution in [2.24, 2.45) is 5.92 Å². The maximum atomic E-state index is 11.9. The molecule has 2 fully saturated rings. The first-order valence-electron chi connectivity index (χ1n) is 7.07. The molecule has 2 unspecified atom stereocenters. The second-order valence-electron chi connectivity index (χ2n) is 5.80. The number of rotatable bonds is 4. The minimum Gasteiger partial charge on any atom is -0.479 e. The van der Waals surface area contributed by atoms with Crippen LogP contribution in [0.1, 0.15) is 19.3 Å². The number of piperidine rings is 1. The SMILES string of the molecule is CN1CCCC(CNC(=O)NC2(C(=O)O)CCOC2)C1. The molecule has 0 bridgehead atoms. The number of amides is 2. The van der Waals surface area contributed by atoms with Crippen LogP contribution in [0.2, 0.25) is 0 Å². The summed E-state index contributed by atoms with van der Waals surface area (Å²) in [6.07, 6.45) is 2.54. The molecule has 2 rings (SSSR count). The standard InChI is InChI=1S/C13H23N3O4/c1-16-5-2-3-10(8-16)7-14-12(19)15-13(11(17)18)4-6-20-9-13/h10H,2-9H2,1H3,(H,17,18)(H2,14,15,19). The second kappa shape index (κ2) is 6.41. The van der Waals surface area contributed by atoms with E-state index in [-0.39, 0.29) is 6.61 Å². The van der Waals surface area contributed by atoms with Gasteiger partial charge in [0.1, 0.15) is 0 Å². The zero-order valence-electron chi connectivity index (χ0n) is 11.9. The number of aliphatic carboxylic acids is 1. The Morgan fingerprint density at radius 1 is 1.50 bits per heavy atom. The van der Waals surface area contributed by atoms with Gasteiger partial charge in [0.25, 0.3) is 0 Å². The van der Waals surface area contributed by atoms with E-state index in [4.69, 9.17) is 4.74 Å². The van der Waals surface area contributed by atoms with Crippen molar-refractivity contribution in [1.29, 1.82) is 0 Å².